The molecule has 2 atom stereocenters. The van der Waals surface area contributed by atoms with Crippen LogP contribution < -0.4 is 11.1 Å². The zero-order valence-corrected chi connectivity index (χ0v) is 11.0. The highest BCUT2D eigenvalue weighted by Gasteiger charge is 2.44. The first kappa shape index (κ1) is 12.2. The Morgan fingerprint density at radius 3 is 2.79 bits per heavy atom. The van der Waals surface area contributed by atoms with Crippen molar-refractivity contribution in [2.45, 2.75) is 12.3 Å². The van der Waals surface area contributed by atoms with Gasteiger partial charge in [-0.2, -0.15) is 0 Å². The third kappa shape index (κ3) is 1.81. The number of hydrogen-bond donors (Lipinski definition) is 2. The van der Waals surface area contributed by atoms with Crippen molar-refractivity contribution < 1.29 is 4.79 Å². The molecule has 0 radical (unpaired) electrons. The fraction of sp³-hybridized carbons (Fsp3) is 0.312. The largest absolute Gasteiger partial charge is 0.369 e. The van der Waals surface area contributed by atoms with Gasteiger partial charge in [-0.05, 0) is 16.3 Å². The van der Waals surface area contributed by atoms with Crippen LogP contribution in [0.2, 0.25) is 0 Å². The van der Waals surface area contributed by atoms with Gasteiger partial charge in [0.1, 0.15) is 0 Å². The monoisotopic (exact) mass is 254 g/mol. The van der Waals surface area contributed by atoms with Gasteiger partial charge in [-0.25, -0.2) is 0 Å². The van der Waals surface area contributed by atoms with Gasteiger partial charge < -0.3 is 11.1 Å². The number of nitrogens with one attached hydrogen (secondary N) is 1. The summed E-state index contributed by atoms with van der Waals surface area (Å²) in [7, 11) is 0. The second-order valence-corrected chi connectivity index (χ2v) is 5.53. The van der Waals surface area contributed by atoms with Crippen LogP contribution in [0.3, 0.4) is 0 Å². The Kier molecular flexibility index (Phi) is 2.79. The van der Waals surface area contributed by atoms with Gasteiger partial charge in [-0.15, -0.1) is 0 Å². The lowest BCUT2D eigenvalue weighted by Gasteiger charge is -2.30. The van der Waals surface area contributed by atoms with Crippen molar-refractivity contribution in [3.05, 3.63) is 48.0 Å². The van der Waals surface area contributed by atoms with Crippen LogP contribution in [0.5, 0.6) is 0 Å². The molecule has 0 bridgehead atoms. The minimum atomic E-state index is -0.229. The summed E-state index contributed by atoms with van der Waals surface area (Å²) in [5.41, 5.74) is 6.55. The molecule has 19 heavy (non-hydrogen) atoms. The van der Waals surface area contributed by atoms with Crippen LogP contribution in [-0.4, -0.2) is 19.0 Å². The fourth-order valence-electron chi connectivity index (χ4n) is 3.25. The predicted octanol–water partition coefficient (Wildman–Crippen LogP) is 1.80. The molecule has 2 aromatic carbocycles. The third-order valence-electron chi connectivity index (χ3n) is 4.36. The van der Waals surface area contributed by atoms with Gasteiger partial charge in [-0.3, -0.25) is 4.79 Å². The number of fused-ring (bicyclic) bond motifs is 1. The molecular formula is C16H18N2O. The van der Waals surface area contributed by atoms with Gasteiger partial charge in [0.25, 0.3) is 0 Å². The number of rotatable bonds is 2. The number of amides is 1. The summed E-state index contributed by atoms with van der Waals surface area (Å²) in [5, 5.41) is 5.72. The first-order valence-electron chi connectivity index (χ1n) is 6.61. The molecule has 98 valence electrons. The zero-order valence-electron chi connectivity index (χ0n) is 11.0. The summed E-state index contributed by atoms with van der Waals surface area (Å²) in [6.45, 7) is 3.58. The minimum absolute atomic E-state index is 0.154. The maximum Gasteiger partial charge on any atom is 0.222 e. The van der Waals surface area contributed by atoms with E-state index in [1.807, 2.05) is 12.1 Å². The van der Waals surface area contributed by atoms with E-state index in [1.54, 1.807) is 0 Å². The zero-order chi connectivity index (χ0) is 13.5. The first-order chi connectivity index (χ1) is 9.13. The Labute approximate surface area is 112 Å². The Morgan fingerprint density at radius 1 is 1.26 bits per heavy atom. The molecule has 1 aliphatic heterocycles. The van der Waals surface area contributed by atoms with Crippen molar-refractivity contribution in [1.82, 2.24) is 5.32 Å². The number of benzene rings is 2. The summed E-state index contributed by atoms with van der Waals surface area (Å²) < 4.78 is 0. The molecular weight excluding hydrogens is 236 g/mol. The topological polar surface area (TPSA) is 55.1 Å². The van der Waals surface area contributed by atoms with Crippen molar-refractivity contribution in [3.63, 3.8) is 0 Å². The summed E-state index contributed by atoms with van der Waals surface area (Å²) in [5.74, 6) is -0.376. The molecule has 2 aromatic rings. The lowest BCUT2D eigenvalue weighted by molar-refractivity contribution is -0.122. The molecule has 3 nitrogen and oxygen atoms in total. The highest BCUT2D eigenvalue weighted by atomic mass is 16.1. The van der Waals surface area contributed by atoms with Gasteiger partial charge in [0.05, 0.1) is 5.92 Å². The fourth-order valence-corrected chi connectivity index (χ4v) is 3.25. The predicted molar refractivity (Wildman–Crippen MR) is 76.9 cm³/mol. The summed E-state index contributed by atoms with van der Waals surface area (Å²) in [4.78, 5) is 11.7. The number of carbonyl (C=O) groups excluding carboxylic acids is 1. The Hall–Kier alpha value is -1.87. The van der Waals surface area contributed by atoms with E-state index in [0.717, 1.165) is 6.54 Å². The lowest BCUT2D eigenvalue weighted by atomic mass is 9.72. The third-order valence-corrected chi connectivity index (χ3v) is 4.36. The molecule has 1 saturated heterocycles. The average molecular weight is 254 g/mol. The maximum atomic E-state index is 11.7. The molecule has 1 heterocycles. The number of primary amides is 1. The molecule has 1 fully saturated rings. The van der Waals surface area contributed by atoms with Crippen LogP contribution in [0.4, 0.5) is 0 Å². The van der Waals surface area contributed by atoms with Crippen molar-refractivity contribution in [3.8, 4) is 0 Å². The second-order valence-electron chi connectivity index (χ2n) is 5.53. The van der Waals surface area contributed by atoms with Crippen LogP contribution >= 0.6 is 0 Å². The van der Waals surface area contributed by atoms with Crippen LogP contribution in [0.25, 0.3) is 10.8 Å². The highest BCUT2D eigenvalue weighted by molar-refractivity contribution is 5.88. The Morgan fingerprint density at radius 2 is 2.00 bits per heavy atom. The molecule has 1 amide bonds. The van der Waals surface area contributed by atoms with Crippen molar-refractivity contribution in [2.75, 3.05) is 13.1 Å². The van der Waals surface area contributed by atoms with Crippen LogP contribution in [0.15, 0.2) is 42.5 Å². The quantitative estimate of drug-likeness (QED) is 0.858. The molecule has 0 aliphatic carbocycles. The first-order valence-corrected chi connectivity index (χ1v) is 6.61. The molecule has 1 aliphatic rings. The number of carbonyl (C=O) groups is 1. The standard InChI is InChI=1S/C16H18N2O/c1-16(10-18-9-14(16)15(17)19)13-8-4-6-11-5-2-3-7-12(11)13/h2-8,14,18H,9-10H2,1H3,(H2,17,19). The van der Waals surface area contributed by atoms with Crippen LogP contribution in [0.1, 0.15) is 12.5 Å². The van der Waals surface area contributed by atoms with E-state index in [9.17, 15) is 4.79 Å². The minimum Gasteiger partial charge on any atom is -0.369 e. The average Bonchev–Trinajstić information content (AvgIpc) is 2.81. The van der Waals surface area contributed by atoms with E-state index in [0.29, 0.717) is 6.54 Å². The van der Waals surface area contributed by atoms with E-state index in [-0.39, 0.29) is 17.2 Å². The van der Waals surface area contributed by atoms with Crippen molar-refractivity contribution in [2.24, 2.45) is 11.7 Å². The van der Waals surface area contributed by atoms with Crippen LogP contribution in [-0.2, 0) is 10.2 Å². The SMILES string of the molecule is CC1(c2cccc3ccccc23)CNCC1C(N)=O. The van der Waals surface area contributed by atoms with E-state index < -0.39 is 0 Å². The summed E-state index contributed by atoms with van der Waals surface area (Å²) >= 11 is 0. The molecule has 2 unspecified atom stereocenters. The Bertz CT molecular complexity index is 632. The van der Waals surface area contributed by atoms with Gasteiger partial charge in [-0.1, -0.05) is 49.4 Å². The van der Waals surface area contributed by atoms with E-state index in [2.05, 4.69) is 42.6 Å². The van der Waals surface area contributed by atoms with Gasteiger partial charge in [0.15, 0.2) is 0 Å². The summed E-state index contributed by atoms with van der Waals surface area (Å²) in [6.07, 6.45) is 0. The maximum absolute atomic E-state index is 11.7. The van der Waals surface area contributed by atoms with E-state index in [4.69, 9.17) is 5.73 Å². The van der Waals surface area contributed by atoms with Crippen molar-refractivity contribution >= 4 is 16.7 Å². The molecule has 3 rings (SSSR count). The molecule has 3 N–H and O–H groups in total. The lowest BCUT2D eigenvalue weighted by Crippen LogP contribution is -2.39. The van der Waals surface area contributed by atoms with Gasteiger partial charge >= 0.3 is 0 Å². The van der Waals surface area contributed by atoms with Crippen molar-refractivity contribution in [1.29, 1.82) is 0 Å². The second kappa shape index (κ2) is 4.35. The molecule has 0 spiro atoms. The molecule has 0 saturated carbocycles. The smallest absolute Gasteiger partial charge is 0.222 e. The molecule has 0 aromatic heterocycles. The molecule has 3 heteroatoms. The van der Waals surface area contributed by atoms with Gasteiger partial charge in [0, 0.05) is 18.5 Å². The number of nitrogens with two attached hydrogens (primary N) is 1. The number of hydrogen-bond acceptors (Lipinski definition) is 2. The summed E-state index contributed by atoms with van der Waals surface area (Å²) in [6, 6.07) is 14.6. The highest BCUT2D eigenvalue weighted by Crippen LogP contribution is 2.38. The van der Waals surface area contributed by atoms with E-state index >= 15 is 0 Å². The normalized spacial score (nSPS) is 26.7. The van der Waals surface area contributed by atoms with Gasteiger partial charge in [0.2, 0.25) is 5.91 Å². The Balaban J connectivity index is 2.21. The van der Waals surface area contributed by atoms with E-state index in [1.165, 1.54) is 16.3 Å². The van der Waals surface area contributed by atoms with Crippen LogP contribution in [0, 0.1) is 5.92 Å².